The van der Waals surface area contributed by atoms with E-state index in [2.05, 4.69) is 10.1 Å². The minimum atomic E-state index is 0.478. The SMILES string of the molecule is N#Cc1cnn(-c2ncccc2Cl)c1. The smallest absolute Gasteiger partial charge is 0.172 e. The Kier molecular flexibility index (Phi) is 2.17. The summed E-state index contributed by atoms with van der Waals surface area (Å²) in [4.78, 5) is 4.06. The van der Waals surface area contributed by atoms with Crippen molar-refractivity contribution in [1.82, 2.24) is 14.8 Å². The lowest BCUT2D eigenvalue weighted by Crippen LogP contribution is -1.97. The number of aromatic nitrogens is 3. The first kappa shape index (κ1) is 8.73. The molecule has 2 heterocycles. The second-order valence-electron chi connectivity index (χ2n) is 2.59. The van der Waals surface area contributed by atoms with Crippen LogP contribution < -0.4 is 0 Å². The van der Waals surface area contributed by atoms with E-state index in [0.29, 0.717) is 16.4 Å². The predicted octanol–water partition coefficient (Wildman–Crippen LogP) is 1.79. The summed E-state index contributed by atoms with van der Waals surface area (Å²) in [5.41, 5.74) is 0.478. The normalized spacial score (nSPS) is 9.71. The summed E-state index contributed by atoms with van der Waals surface area (Å²) >= 11 is 5.90. The van der Waals surface area contributed by atoms with E-state index in [-0.39, 0.29) is 0 Å². The summed E-state index contributed by atoms with van der Waals surface area (Å²) in [6, 6.07) is 5.44. The van der Waals surface area contributed by atoms with E-state index in [0.717, 1.165) is 0 Å². The van der Waals surface area contributed by atoms with Gasteiger partial charge in [-0.15, -0.1) is 0 Å². The van der Waals surface area contributed by atoms with Crippen LogP contribution in [0.25, 0.3) is 5.82 Å². The summed E-state index contributed by atoms with van der Waals surface area (Å²) in [5, 5.41) is 13.1. The molecule has 4 nitrogen and oxygen atoms in total. The number of pyridine rings is 1. The first-order valence-electron chi connectivity index (χ1n) is 3.87. The van der Waals surface area contributed by atoms with Crippen LogP contribution in [0.5, 0.6) is 0 Å². The highest BCUT2D eigenvalue weighted by Gasteiger charge is 2.04. The third kappa shape index (κ3) is 1.45. The van der Waals surface area contributed by atoms with Gasteiger partial charge < -0.3 is 0 Å². The lowest BCUT2D eigenvalue weighted by molar-refractivity contribution is 0.847. The van der Waals surface area contributed by atoms with Crippen molar-refractivity contribution in [2.24, 2.45) is 0 Å². The molecule has 0 aliphatic rings. The van der Waals surface area contributed by atoms with Gasteiger partial charge in [-0.25, -0.2) is 9.67 Å². The summed E-state index contributed by atoms with van der Waals surface area (Å²) in [6.45, 7) is 0. The van der Waals surface area contributed by atoms with E-state index in [1.807, 2.05) is 6.07 Å². The van der Waals surface area contributed by atoms with E-state index in [9.17, 15) is 0 Å². The maximum atomic E-state index is 8.61. The highest BCUT2D eigenvalue weighted by Crippen LogP contribution is 2.16. The van der Waals surface area contributed by atoms with Gasteiger partial charge in [0.2, 0.25) is 0 Å². The third-order valence-electron chi connectivity index (χ3n) is 1.67. The van der Waals surface area contributed by atoms with Gasteiger partial charge in [0.05, 0.1) is 23.0 Å². The molecule has 0 amide bonds. The Balaban J connectivity index is 2.51. The molecule has 0 radical (unpaired) electrons. The highest BCUT2D eigenvalue weighted by molar-refractivity contribution is 6.32. The Hall–Kier alpha value is -1.86. The molecule has 0 atom stereocenters. The number of nitrogens with zero attached hydrogens (tertiary/aromatic N) is 4. The molecule has 0 saturated heterocycles. The van der Waals surface area contributed by atoms with Crippen LogP contribution in [0.15, 0.2) is 30.7 Å². The molecular formula is C9H5ClN4. The summed E-state index contributed by atoms with van der Waals surface area (Å²) < 4.78 is 1.47. The number of rotatable bonds is 1. The van der Waals surface area contributed by atoms with Gasteiger partial charge in [-0.3, -0.25) is 0 Å². The van der Waals surface area contributed by atoms with Crippen LogP contribution >= 0.6 is 11.6 Å². The molecule has 0 aliphatic heterocycles. The van der Waals surface area contributed by atoms with E-state index < -0.39 is 0 Å². The van der Waals surface area contributed by atoms with E-state index in [1.54, 1.807) is 24.5 Å². The van der Waals surface area contributed by atoms with Crippen molar-refractivity contribution >= 4 is 11.6 Å². The van der Waals surface area contributed by atoms with Gasteiger partial charge >= 0.3 is 0 Å². The zero-order valence-corrected chi connectivity index (χ0v) is 7.81. The molecule has 5 heteroatoms. The Morgan fingerprint density at radius 3 is 3.00 bits per heavy atom. The van der Waals surface area contributed by atoms with Crippen LogP contribution in [0.2, 0.25) is 5.02 Å². The molecule has 0 spiro atoms. The zero-order valence-electron chi connectivity index (χ0n) is 7.05. The molecule has 2 aromatic heterocycles. The Labute approximate surface area is 85.4 Å². The second-order valence-corrected chi connectivity index (χ2v) is 3.00. The lowest BCUT2D eigenvalue weighted by atomic mass is 10.4. The molecule has 0 fully saturated rings. The van der Waals surface area contributed by atoms with Crippen molar-refractivity contribution in [2.45, 2.75) is 0 Å². The standard InChI is InChI=1S/C9H5ClN4/c10-8-2-1-3-12-9(8)14-6-7(4-11)5-13-14/h1-3,5-6H. The number of nitriles is 1. The number of halogens is 1. The largest absolute Gasteiger partial charge is 0.236 e. The van der Waals surface area contributed by atoms with Gasteiger partial charge in [-0.05, 0) is 12.1 Å². The Morgan fingerprint density at radius 2 is 2.36 bits per heavy atom. The monoisotopic (exact) mass is 204 g/mol. The first-order chi connectivity index (χ1) is 6.81. The Bertz CT molecular complexity index is 498. The van der Waals surface area contributed by atoms with Crippen LogP contribution in [-0.4, -0.2) is 14.8 Å². The molecule has 0 unspecified atom stereocenters. The fourth-order valence-electron chi connectivity index (χ4n) is 1.04. The summed E-state index contributed by atoms with van der Waals surface area (Å²) in [7, 11) is 0. The molecule has 0 saturated carbocycles. The zero-order chi connectivity index (χ0) is 9.97. The fourth-order valence-corrected chi connectivity index (χ4v) is 1.25. The topological polar surface area (TPSA) is 54.5 Å². The average molecular weight is 205 g/mol. The predicted molar refractivity (Wildman–Crippen MR) is 51.1 cm³/mol. The van der Waals surface area contributed by atoms with Crippen LogP contribution in [-0.2, 0) is 0 Å². The number of hydrogen-bond donors (Lipinski definition) is 0. The van der Waals surface area contributed by atoms with Gasteiger partial charge in [0.25, 0.3) is 0 Å². The highest BCUT2D eigenvalue weighted by atomic mass is 35.5. The third-order valence-corrected chi connectivity index (χ3v) is 1.96. The van der Waals surface area contributed by atoms with Gasteiger partial charge in [0, 0.05) is 6.20 Å². The molecule has 0 aliphatic carbocycles. The molecule has 2 aromatic rings. The van der Waals surface area contributed by atoms with E-state index in [4.69, 9.17) is 16.9 Å². The van der Waals surface area contributed by atoms with Crippen LogP contribution in [0, 0.1) is 11.3 Å². The van der Waals surface area contributed by atoms with Gasteiger partial charge in [-0.2, -0.15) is 10.4 Å². The van der Waals surface area contributed by atoms with Crippen molar-refractivity contribution in [3.63, 3.8) is 0 Å². The Morgan fingerprint density at radius 1 is 1.50 bits per heavy atom. The molecule has 68 valence electrons. The van der Waals surface area contributed by atoms with Crippen molar-refractivity contribution in [2.75, 3.05) is 0 Å². The molecule has 0 bridgehead atoms. The molecular weight excluding hydrogens is 200 g/mol. The van der Waals surface area contributed by atoms with Crippen LogP contribution in [0.1, 0.15) is 5.56 Å². The lowest BCUT2D eigenvalue weighted by Gasteiger charge is -2.00. The van der Waals surface area contributed by atoms with Crippen molar-refractivity contribution < 1.29 is 0 Å². The van der Waals surface area contributed by atoms with E-state index >= 15 is 0 Å². The van der Waals surface area contributed by atoms with Gasteiger partial charge in [0.15, 0.2) is 5.82 Å². The summed E-state index contributed by atoms with van der Waals surface area (Å²) in [6.07, 6.45) is 4.66. The first-order valence-corrected chi connectivity index (χ1v) is 4.25. The minimum Gasteiger partial charge on any atom is -0.236 e. The molecule has 0 N–H and O–H groups in total. The summed E-state index contributed by atoms with van der Waals surface area (Å²) in [5.74, 6) is 0.524. The van der Waals surface area contributed by atoms with E-state index in [1.165, 1.54) is 10.9 Å². The molecule has 0 aromatic carbocycles. The van der Waals surface area contributed by atoms with Crippen molar-refractivity contribution in [1.29, 1.82) is 5.26 Å². The quantitative estimate of drug-likeness (QED) is 0.712. The number of hydrogen-bond acceptors (Lipinski definition) is 3. The van der Waals surface area contributed by atoms with Crippen LogP contribution in [0.4, 0.5) is 0 Å². The maximum absolute atomic E-state index is 8.61. The van der Waals surface area contributed by atoms with Crippen molar-refractivity contribution in [3.05, 3.63) is 41.3 Å². The minimum absolute atomic E-state index is 0.478. The molecule has 2 rings (SSSR count). The van der Waals surface area contributed by atoms with Crippen LogP contribution in [0.3, 0.4) is 0 Å². The van der Waals surface area contributed by atoms with Gasteiger partial charge in [-0.1, -0.05) is 11.6 Å². The maximum Gasteiger partial charge on any atom is 0.172 e. The second kappa shape index (κ2) is 3.48. The van der Waals surface area contributed by atoms with Gasteiger partial charge in [0.1, 0.15) is 6.07 Å². The van der Waals surface area contributed by atoms with Crippen molar-refractivity contribution in [3.8, 4) is 11.9 Å². The average Bonchev–Trinajstić information content (AvgIpc) is 2.67. The fraction of sp³-hybridized carbons (Fsp3) is 0. The molecule has 14 heavy (non-hydrogen) atoms.